The van der Waals surface area contributed by atoms with E-state index in [9.17, 15) is 8.42 Å². The van der Waals surface area contributed by atoms with Crippen LogP contribution in [0.2, 0.25) is 5.02 Å². The van der Waals surface area contributed by atoms with Crippen LogP contribution < -0.4 is 14.8 Å². The van der Waals surface area contributed by atoms with Gasteiger partial charge in [0.05, 0.1) is 12.8 Å². The minimum absolute atomic E-state index is 0.150. The van der Waals surface area contributed by atoms with Gasteiger partial charge in [-0.25, -0.2) is 0 Å². The molecule has 0 saturated heterocycles. The standard InChI is InChI=1S/C21H17ClN2O4S/c1-27-19-12-15(9-10-18(19)28-13-14-5-4-6-16(22)11-14)21-23-17-7-2-3-8-20(17)29(25,26)24-21/h2-12H,13H2,1H3,(H,23,24). The Labute approximate surface area is 173 Å². The van der Waals surface area contributed by atoms with Gasteiger partial charge in [-0.3, -0.25) is 0 Å². The van der Waals surface area contributed by atoms with Crippen molar-refractivity contribution in [2.45, 2.75) is 11.5 Å². The summed E-state index contributed by atoms with van der Waals surface area (Å²) in [7, 11) is -2.26. The molecule has 1 aliphatic rings. The molecular weight excluding hydrogens is 412 g/mol. The minimum atomic E-state index is -3.78. The summed E-state index contributed by atoms with van der Waals surface area (Å²) in [6.07, 6.45) is 0. The number of nitrogens with one attached hydrogen (secondary N) is 1. The summed E-state index contributed by atoms with van der Waals surface area (Å²) in [6, 6.07) is 19.2. The Kier molecular flexibility index (Phi) is 5.17. The number of hydrogen-bond donors (Lipinski definition) is 1. The third-order valence-corrected chi connectivity index (χ3v) is 5.92. The fourth-order valence-electron chi connectivity index (χ4n) is 2.96. The van der Waals surface area contributed by atoms with Crippen molar-refractivity contribution in [3.8, 4) is 11.5 Å². The highest BCUT2D eigenvalue weighted by atomic mass is 35.5. The van der Waals surface area contributed by atoms with E-state index in [2.05, 4.69) is 9.71 Å². The lowest BCUT2D eigenvalue weighted by Crippen LogP contribution is -2.22. The Bertz CT molecular complexity index is 1210. The summed E-state index contributed by atoms with van der Waals surface area (Å²) in [5.74, 6) is 1.21. The summed E-state index contributed by atoms with van der Waals surface area (Å²) < 4.78 is 40.1. The first-order valence-electron chi connectivity index (χ1n) is 8.73. The molecule has 0 bridgehead atoms. The predicted octanol–water partition coefficient (Wildman–Crippen LogP) is 4.49. The summed E-state index contributed by atoms with van der Waals surface area (Å²) in [4.78, 5) is 0.150. The smallest absolute Gasteiger partial charge is 0.286 e. The van der Waals surface area contributed by atoms with Gasteiger partial charge in [0.15, 0.2) is 17.3 Å². The van der Waals surface area contributed by atoms with Gasteiger partial charge in [-0.1, -0.05) is 35.9 Å². The fraction of sp³-hybridized carbons (Fsp3) is 0.0952. The van der Waals surface area contributed by atoms with Crippen LogP contribution in [0.25, 0.3) is 0 Å². The molecule has 1 N–H and O–H groups in total. The Morgan fingerprint density at radius 1 is 1.00 bits per heavy atom. The van der Waals surface area contributed by atoms with Crippen molar-refractivity contribution in [1.29, 1.82) is 0 Å². The lowest BCUT2D eigenvalue weighted by Gasteiger charge is -2.19. The maximum absolute atomic E-state index is 12.5. The van der Waals surface area contributed by atoms with Crippen LogP contribution in [0.4, 0.5) is 5.69 Å². The number of benzene rings is 3. The first kappa shape index (κ1) is 19.3. The Morgan fingerprint density at radius 2 is 1.83 bits per heavy atom. The molecule has 29 heavy (non-hydrogen) atoms. The quantitative estimate of drug-likeness (QED) is 0.648. The molecule has 0 fully saturated rings. The first-order valence-corrected chi connectivity index (χ1v) is 10.5. The fourth-order valence-corrected chi connectivity index (χ4v) is 4.31. The van der Waals surface area contributed by atoms with Crippen LogP contribution in [0.3, 0.4) is 0 Å². The maximum atomic E-state index is 12.5. The second kappa shape index (κ2) is 7.77. The van der Waals surface area contributed by atoms with Crippen LogP contribution in [0.5, 0.6) is 11.5 Å². The molecule has 0 aliphatic carbocycles. The van der Waals surface area contributed by atoms with Crippen molar-refractivity contribution in [1.82, 2.24) is 0 Å². The predicted molar refractivity (Wildman–Crippen MR) is 113 cm³/mol. The van der Waals surface area contributed by atoms with Gasteiger partial charge < -0.3 is 14.8 Å². The van der Waals surface area contributed by atoms with Gasteiger partial charge in [-0.2, -0.15) is 8.42 Å². The topological polar surface area (TPSA) is 77.0 Å². The Balaban J connectivity index is 1.61. The van der Waals surface area contributed by atoms with Crippen LogP contribution in [-0.4, -0.2) is 21.4 Å². The summed E-state index contributed by atoms with van der Waals surface area (Å²) >= 11 is 6.00. The van der Waals surface area contributed by atoms with Gasteiger partial charge >= 0.3 is 0 Å². The van der Waals surface area contributed by atoms with E-state index in [1.165, 1.54) is 13.2 Å². The number of amidine groups is 1. The molecule has 0 amide bonds. The average Bonchev–Trinajstić information content (AvgIpc) is 2.71. The Morgan fingerprint density at radius 3 is 2.62 bits per heavy atom. The molecule has 0 atom stereocenters. The Hall–Kier alpha value is -3.03. The summed E-state index contributed by atoms with van der Waals surface area (Å²) in [6.45, 7) is 0.317. The second-order valence-electron chi connectivity index (χ2n) is 6.32. The van der Waals surface area contributed by atoms with E-state index in [4.69, 9.17) is 21.1 Å². The van der Waals surface area contributed by atoms with Crippen LogP contribution in [0.15, 0.2) is 76.0 Å². The molecule has 6 nitrogen and oxygen atoms in total. The lowest BCUT2D eigenvalue weighted by molar-refractivity contribution is 0.284. The van der Waals surface area contributed by atoms with E-state index >= 15 is 0 Å². The van der Waals surface area contributed by atoms with E-state index in [0.29, 0.717) is 34.4 Å². The molecule has 4 rings (SSSR count). The van der Waals surface area contributed by atoms with E-state index in [1.54, 1.807) is 42.5 Å². The second-order valence-corrected chi connectivity index (χ2v) is 8.33. The van der Waals surface area contributed by atoms with E-state index < -0.39 is 10.0 Å². The highest BCUT2D eigenvalue weighted by molar-refractivity contribution is 7.90. The number of fused-ring (bicyclic) bond motifs is 1. The number of ether oxygens (including phenoxy) is 2. The van der Waals surface area contributed by atoms with Gasteiger partial charge in [0, 0.05) is 10.6 Å². The average molecular weight is 429 g/mol. The molecule has 0 unspecified atom stereocenters. The van der Waals surface area contributed by atoms with Crippen LogP contribution in [-0.2, 0) is 16.6 Å². The monoisotopic (exact) mass is 428 g/mol. The summed E-state index contributed by atoms with van der Waals surface area (Å²) in [5, 5.41) is 3.70. The number of halogens is 1. The highest BCUT2D eigenvalue weighted by Crippen LogP contribution is 2.32. The molecule has 1 heterocycles. The zero-order valence-electron chi connectivity index (χ0n) is 15.4. The lowest BCUT2D eigenvalue weighted by atomic mass is 10.1. The largest absolute Gasteiger partial charge is 0.493 e. The third-order valence-electron chi connectivity index (χ3n) is 4.35. The number of rotatable bonds is 5. The molecule has 0 aromatic heterocycles. The van der Waals surface area contributed by atoms with Gasteiger partial charge in [0.1, 0.15) is 11.5 Å². The van der Waals surface area contributed by atoms with Crippen molar-refractivity contribution >= 4 is 33.1 Å². The third kappa shape index (κ3) is 4.06. The van der Waals surface area contributed by atoms with Gasteiger partial charge in [-0.15, -0.1) is 4.40 Å². The molecule has 3 aromatic rings. The van der Waals surface area contributed by atoms with E-state index in [0.717, 1.165) is 5.56 Å². The highest BCUT2D eigenvalue weighted by Gasteiger charge is 2.25. The van der Waals surface area contributed by atoms with E-state index in [-0.39, 0.29) is 10.7 Å². The summed E-state index contributed by atoms with van der Waals surface area (Å²) in [5.41, 5.74) is 1.97. The van der Waals surface area contributed by atoms with Crippen molar-refractivity contribution in [3.63, 3.8) is 0 Å². The van der Waals surface area contributed by atoms with E-state index in [1.807, 2.05) is 18.2 Å². The van der Waals surface area contributed by atoms with Crippen LogP contribution in [0, 0.1) is 0 Å². The number of sulfonamides is 1. The molecular formula is C21H17ClN2O4S. The number of methoxy groups -OCH3 is 1. The van der Waals surface area contributed by atoms with Gasteiger partial charge in [0.25, 0.3) is 10.0 Å². The van der Waals surface area contributed by atoms with Crippen molar-refractivity contribution in [2.24, 2.45) is 4.40 Å². The minimum Gasteiger partial charge on any atom is -0.493 e. The zero-order chi connectivity index (χ0) is 20.4. The molecule has 0 spiro atoms. The van der Waals surface area contributed by atoms with Crippen LogP contribution in [0.1, 0.15) is 11.1 Å². The number of nitrogens with zero attached hydrogens (tertiary/aromatic N) is 1. The molecule has 3 aromatic carbocycles. The number of anilines is 1. The number of para-hydroxylation sites is 1. The molecule has 8 heteroatoms. The maximum Gasteiger partial charge on any atom is 0.286 e. The zero-order valence-corrected chi connectivity index (χ0v) is 17.0. The van der Waals surface area contributed by atoms with Crippen molar-refractivity contribution in [3.05, 3.63) is 82.9 Å². The van der Waals surface area contributed by atoms with Crippen molar-refractivity contribution in [2.75, 3.05) is 12.4 Å². The molecule has 0 saturated carbocycles. The van der Waals surface area contributed by atoms with Crippen molar-refractivity contribution < 1.29 is 17.9 Å². The van der Waals surface area contributed by atoms with Gasteiger partial charge in [0.2, 0.25) is 0 Å². The molecule has 1 aliphatic heterocycles. The first-order chi connectivity index (χ1) is 14.0. The van der Waals surface area contributed by atoms with Gasteiger partial charge in [-0.05, 0) is 48.0 Å². The molecule has 0 radical (unpaired) electrons. The normalized spacial score (nSPS) is 14.3. The molecule has 148 valence electrons. The van der Waals surface area contributed by atoms with Crippen LogP contribution >= 0.6 is 11.6 Å². The SMILES string of the molecule is COc1cc(C2=NS(=O)(=O)c3ccccc3N2)ccc1OCc1cccc(Cl)c1. The number of hydrogen-bond acceptors (Lipinski definition) is 5.